The lowest BCUT2D eigenvalue weighted by molar-refractivity contribution is 0.304. The van der Waals surface area contributed by atoms with E-state index in [1.54, 1.807) is 32.2 Å². The summed E-state index contributed by atoms with van der Waals surface area (Å²) in [6.45, 7) is 2.04. The van der Waals surface area contributed by atoms with E-state index in [9.17, 15) is 4.39 Å². The van der Waals surface area contributed by atoms with Gasteiger partial charge in [0.05, 0.1) is 12.7 Å². The fraction of sp³-hybridized carbons (Fsp3) is 0.188. The first kappa shape index (κ1) is 15.3. The van der Waals surface area contributed by atoms with Gasteiger partial charge in [0.15, 0.2) is 0 Å². The Morgan fingerprint density at radius 1 is 1.24 bits per heavy atom. The second kappa shape index (κ2) is 6.54. The normalized spacial score (nSPS) is 10.2. The molecule has 0 saturated carbocycles. The summed E-state index contributed by atoms with van der Waals surface area (Å²) in [5.74, 6) is 0.981. The van der Waals surface area contributed by atoms with Crippen LogP contribution in [0.3, 0.4) is 0 Å². The van der Waals surface area contributed by atoms with E-state index >= 15 is 0 Å². The molecule has 0 aromatic heterocycles. The number of hydrogen-bond acceptors (Lipinski definition) is 3. The van der Waals surface area contributed by atoms with Gasteiger partial charge in [-0.25, -0.2) is 4.39 Å². The minimum absolute atomic E-state index is 0.246. The molecule has 3 nitrogen and oxygen atoms in total. The van der Waals surface area contributed by atoms with Crippen LogP contribution in [0, 0.1) is 12.7 Å². The Bertz CT molecular complexity index is 673. The van der Waals surface area contributed by atoms with Gasteiger partial charge in [-0.05, 0) is 48.4 Å². The molecule has 0 atom stereocenters. The highest BCUT2D eigenvalue weighted by atomic mass is 32.1. The van der Waals surface area contributed by atoms with Gasteiger partial charge in [0, 0.05) is 0 Å². The highest BCUT2D eigenvalue weighted by molar-refractivity contribution is 7.80. The molecule has 2 rings (SSSR count). The van der Waals surface area contributed by atoms with Crippen LogP contribution in [0.5, 0.6) is 11.5 Å². The molecule has 110 valence electrons. The van der Waals surface area contributed by atoms with Crippen molar-refractivity contribution in [3.8, 4) is 11.5 Å². The van der Waals surface area contributed by atoms with Gasteiger partial charge in [0.1, 0.15) is 28.9 Å². The number of thiocarbonyl (C=S) groups is 1. The van der Waals surface area contributed by atoms with Gasteiger partial charge in [-0.3, -0.25) is 0 Å². The third kappa shape index (κ3) is 3.70. The summed E-state index contributed by atoms with van der Waals surface area (Å²) in [6.07, 6.45) is 0. The van der Waals surface area contributed by atoms with E-state index in [-0.39, 0.29) is 10.8 Å². The molecule has 2 aromatic rings. The zero-order chi connectivity index (χ0) is 15.4. The zero-order valence-electron chi connectivity index (χ0n) is 11.9. The minimum Gasteiger partial charge on any atom is -0.496 e. The Morgan fingerprint density at radius 3 is 2.62 bits per heavy atom. The van der Waals surface area contributed by atoms with Gasteiger partial charge >= 0.3 is 0 Å². The molecule has 2 N–H and O–H groups in total. The van der Waals surface area contributed by atoms with Gasteiger partial charge in [0.25, 0.3) is 0 Å². The molecule has 0 amide bonds. The molecule has 0 radical (unpaired) electrons. The number of ether oxygens (including phenoxy) is 2. The van der Waals surface area contributed by atoms with Crippen molar-refractivity contribution in [1.82, 2.24) is 0 Å². The molecule has 0 aliphatic heterocycles. The average molecular weight is 305 g/mol. The van der Waals surface area contributed by atoms with Crippen molar-refractivity contribution < 1.29 is 13.9 Å². The summed E-state index contributed by atoms with van der Waals surface area (Å²) in [4.78, 5) is 0.286. The van der Waals surface area contributed by atoms with Crippen molar-refractivity contribution in [1.29, 1.82) is 0 Å². The van der Waals surface area contributed by atoms with Gasteiger partial charge in [-0.1, -0.05) is 18.3 Å². The molecule has 0 fully saturated rings. The van der Waals surface area contributed by atoms with Crippen molar-refractivity contribution in [2.75, 3.05) is 7.11 Å². The molecule has 0 heterocycles. The second-order valence-corrected chi connectivity index (χ2v) is 5.04. The first-order valence-corrected chi connectivity index (χ1v) is 6.77. The largest absolute Gasteiger partial charge is 0.496 e. The first-order chi connectivity index (χ1) is 10.0. The van der Waals surface area contributed by atoms with Crippen molar-refractivity contribution in [3.63, 3.8) is 0 Å². The summed E-state index contributed by atoms with van der Waals surface area (Å²) in [6, 6.07) is 10.1. The summed E-state index contributed by atoms with van der Waals surface area (Å²) >= 11 is 4.96. The summed E-state index contributed by atoms with van der Waals surface area (Å²) in [5, 5.41) is 0. The molecule has 21 heavy (non-hydrogen) atoms. The highest BCUT2D eigenvalue weighted by Crippen LogP contribution is 2.22. The topological polar surface area (TPSA) is 44.5 Å². The Morgan fingerprint density at radius 2 is 2.00 bits per heavy atom. The summed E-state index contributed by atoms with van der Waals surface area (Å²) in [7, 11) is 1.56. The lowest BCUT2D eigenvalue weighted by atomic mass is 10.1. The van der Waals surface area contributed by atoms with Gasteiger partial charge in [0.2, 0.25) is 0 Å². The maximum Gasteiger partial charge on any atom is 0.129 e. The first-order valence-electron chi connectivity index (χ1n) is 6.37. The smallest absolute Gasteiger partial charge is 0.129 e. The zero-order valence-corrected chi connectivity index (χ0v) is 12.7. The van der Waals surface area contributed by atoms with Gasteiger partial charge < -0.3 is 15.2 Å². The lowest BCUT2D eigenvalue weighted by Gasteiger charge is -2.11. The van der Waals surface area contributed by atoms with Crippen LogP contribution < -0.4 is 15.2 Å². The van der Waals surface area contributed by atoms with Crippen LogP contribution in [0.25, 0.3) is 0 Å². The number of hydrogen-bond donors (Lipinski definition) is 1. The lowest BCUT2D eigenvalue weighted by Crippen LogP contribution is -2.11. The van der Waals surface area contributed by atoms with Crippen LogP contribution in [0.4, 0.5) is 4.39 Å². The molecule has 5 heteroatoms. The molecule has 0 aliphatic carbocycles. The number of aryl methyl sites for hydroxylation is 1. The van der Waals surface area contributed by atoms with E-state index in [2.05, 4.69) is 0 Å². The molecule has 0 spiro atoms. The average Bonchev–Trinajstić information content (AvgIpc) is 2.48. The van der Waals surface area contributed by atoms with Crippen LogP contribution in [0.15, 0.2) is 36.4 Å². The molecule has 0 bridgehead atoms. The number of methoxy groups -OCH3 is 1. The monoisotopic (exact) mass is 305 g/mol. The van der Waals surface area contributed by atoms with E-state index in [1.165, 1.54) is 6.07 Å². The summed E-state index contributed by atoms with van der Waals surface area (Å²) in [5.41, 5.74) is 7.77. The van der Waals surface area contributed by atoms with E-state index in [0.717, 1.165) is 5.56 Å². The molecule has 0 unspecified atom stereocenters. The Kier molecular flexibility index (Phi) is 4.75. The van der Waals surface area contributed by atoms with Crippen molar-refractivity contribution in [2.45, 2.75) is 13.5 Å². The van der Waals surface area contributed by atoms with Gasteiger partial charge in [-0.2, -0.15) is 0 Å². The Balaban J connectivity index is 2.13. The number of nitrogens with two attached hydrogens (primary N) is 1. The second-order valence-electron chi connectivity index (χ2n) is 4.60. The van der Waals surface area contributed by atoms with Crippen LogP contribution >= 0.6 is 12.2 Å². The maximum atomic E-state index is 13.2. The van der Waals surface area contributed by atoms with Crippen LogP contribution in [0.1, 0.15) is 16.7 Å². The molecule has 0 aliphatic rings. The van der Waals surface area contributed by atoms with E-state index in [1.807, 2.05) is 12.1 Å². The number of halogens is 1. The predicted molar refractivity (Wildman–Crippen MR) is 84.4 cm³/mol. The maximum absolute atomic E-state index is 13.2. The summed E-state index contributed by atoms with van der Waals surface area (Å²) < 4.78 is 24.1. The fourth-order valence-corrected chi connectivity index (χ4v) is 2.07. The van der Waals surface area contributed by atoms with Crippen LogP contribution in [0.2, 0.25) is 0 Å². The molecule has 2 aromatic carbocycles. The minimum atomic E-state index is -0.246. The SMILES string of the molecule is COc1cc(COc2ccc(F)c(C)c2)ccc1C(N)=S. The predicted octanol–water partition coefficient (Wildman–Crippen LogP) is 3.36. The Hall–Kier alpha value is -2.14. The third-order valence-corrected chi connectivity index (χ3v) is 3.29. The van der Waals surface area contributed by atoms with Crippen LogP contribution in [-0.4, -0.2) is 12.1 Å². The van der Waals surface area contributed by atoms with Crippen molar-refractivity contribution >= 4 is 17.2 Å². The van der Waals surface area contributed by atoms with Gasteiger partial charge in [-0.15, -0.1) is 0 Å². The number of rotatable bonds is 5. The molecular formula is C16H16FNO2S. The quantitative estimate of drug-likeness (QED) is 0.860. The van der Waals surface area contributed by atoms with Crippen LogP contribution in [-0.2, 0) is 6.61 Å². The molecule has 0 saturated heterocycles. The standard InChI is InChI=1S/C16H16FNO2S/c1-10-7-12(4-6-14(10)17)20-9-11-3-5-13(16(18)21)15(8-11)19-2/h3-8H,9H2,1-2H3,(H2,18,21). The van der Waals surface area contributed by atoms with E-state index in [4.69, 9.17) is 27.4 Å². The highest BCUT2D eigenvalue weighted by Gasteiger charge is 2.07. The Labute approximate surface area is 128 Å². The molecular weight excluding hydrogens is 289 g/mol. The fourth-order valence-electron chi connectivity index (χ4n) is 1.90. The van der Waals surface area contributed by atoms with Crippen molar-refractivity contribution in [2.24, 2.45) is 5.73 Å². The number of benzene rings is 2. The van der Waals surface area contributed by atoms with E-state index < -0.39 is 0 Å². The third-order valence-electron chi connectivity index (χ3n) is 3.07. The van der Waals surface area contributed by atoms with Crippen molar-refractivity contribution in [3.05, 3.63) is 58.9 Å². The van der Waals surface area contributed by atoms with E-state index in [0.29, 0.717) is 29.2 Å².